The van der Waals surface area contributed by atoms with Gasteiger partial charge in [-0.05, 0) is 24.3 Å². The predicted molar refractivity (Wildman–Crippen MR) is 79.1 cm³/mol. The van der Waals surface area contributed by atoms with E-state index in [1.54, 1.807) is 12.1 Å². The van der Waals surface area contributed by atoms with Crippen LogP contribution in [0.1, 0.15) is 12.8 Å². The molecule has 106 valence electrons. The van der Waals surface area contributed by atoms with Gasteiger partial charge in [-0.25, -0.2) is 4.98 Å². The molecule has 1 heterocycles. The molecule has 0 unspecified atom stereocenters. The van der Waals surface area contributed by atoms with Crippen molar-refractivity contribution in [3.63, 3.8) is 0 Å². The second-order valence-corrected chi connectivity index (χ2v) is 4.57. The molecule has 0 radical (unpaired) electrons. The van der Waals surface area contributed by atoms with Crippen LogP contribution < -0.4 is 10.1 Å². The van der Waals surface area contributed by atoms with Gasteiger partial charge < -0.3 is 14.5 Å². The molecule has 0 saturated carbocycles. The quantitative estimate of drug-likeness (QED) is 0.797. The molecule has 1 amide bonds. The molecule has 0 saturated heterocycles. The van der Waals surface area contributed by atoms with Crippen molar-refractivity contribution in [1.29, 1.82) is 0 Å². The van der Waals surface area contributed by atoms with E-state index < -0.39 is 0 Å². The normalized spacial score (nSPS) is 10.5. The number of carbonyl (C=O) groups excluding carboxylic acids is 1. The van der Waals surface area contributed by atoms with Crippen LogP contribution in [-0.2, 0) is 11.4 Å². The van der Waals surface area contributed by atoms with E-state index in [2.05, 4.69) is 10.3 Å². The zero-order valence-electron chi connectivity index (χ0n) is 11.5. The van der Waals surface area contributed by atoms with E-state index in [1.807, 2.05) is 36.4 Å². The fourth-order valence-electron chi connectivity index (χ4n) is 1.99. The number of nitrogens with zero attached hydrogens (tertiary/aromatic N) is 1. The minimum absolute atomic E-state index is 0.119. The number of aromatic nitrogens is 1. The second kappa shape index (κ2) is 5.66. The Morgan fingerprint density at radius 2 is 2.10 bits per heavy atom. The zero-order valence-corrected chi connectivity index (χ0v) is 11.5. The Morgan fingerprint density at radius 3 is 2.90 bits per heavy atom. The van der Waals surface area contributed by atoms with Gasteiger partial charge in [-0.2, -0.15) is 0 Å². The summed E-state index contributed by atoms with van der Waals surface area (Å²) in [5.41, 5.74) is 2.24. The first-order valence-electron chi connectivity index (χ1n) is 6.55. The first-order chi connectivity index (χ1) is 10.2. The van der Waals surface area contributed by atoms with Crippen molar-refractivity contribution in [3.05, 3.63) is 54.4 Å². The number of ether oxygens (including phenoxy) is 1. The number of carbonyl (C=O) groups is 1. The highest BCUT2D eigenvalue weighted by molar-refractivity contribution is 5.88. The van der Waals surface area contributed by atoms with Crippen LogP contribution in [0, 0.1) is 0 Å². The maximum atomic E-state index is 11.0. The van der Waals surface area contributed by atoms with Crippen molar-refractivity contribution in [2.24, 2.45) is 0 Å². The molecular weight excluding hydrogens is 268 g/mol. The highest BCUT2D eigenvalue weighted by Gasteiger charge is 2.06. The smallest absolute Gasteiger partial charge is 0.233 e. The third-order valence-corrected chi connectivity index (χ3v) is 2.85. The Kier molecular flexibility index (Phi) is 3.55. The number of hydrogen-bond acceptors (Lipinski definition) is 4. The molecule has 0 spiro atoms. The highest BCUT2D eigenvalue weighted by Crippen LogP contribution is 2.20. The molecule has 0 bridgehead atoms. The van der Waals surface area contributed by atoms with Crippen molar-refractivity contribution < 1.29 is 13.9 Å². The van der Waals surface area contributed by atoms with E-state index in [4.69, 9.17) is 9.15 Å². The van der Waals surface area contributed by atoms with Crippen LogP contribution in [0.25, 0.3) is 11.1 Å². The van der Waals surface area contributed by atoms with Gasteiger partial charge in [0, 0.05) is 18.7 Å². The van der Waals surface area contributed by atoms with Gasteiger partial charge >= 0.3 is 0 Å². The van der Waals surface area contributed by atoms with E-state index in [1.165, 1.54) is 6.92 Å². The van der Waals surface area contributed by atoms with Crippen molar-refractivity contribution in [3.8, 4) is 5.75 Å². The maximum absolute atomic E-state index is 11.0. The summed E-state index contributed by atoms with van der Waals surface area (Å²) in [5.74, 6) is 1.04. The lowest BCUT2D eigenvalue weighted by Crippen LogP contribution is -2.05. The van der Waals surface area contributed by atoms with Crippen LogP contribution in [-0.4, -0.2) is 10.9 Å². The molecule has 2 aromatic carbocycles. The molecule has 0 aliphatic rings. The van der Waals surface area contributed by atoms with Gasteiger partial charge in [0.25, 0.3) is 0 Å². The Bertz CT molecular complexity index is 747. The number of nitrogens with one attached hydrogen (secondary N) is 1. The summed E-state index contributed by atoms with van der Waals surface area (Å²) in [6, 6.07) is 14.7. The Balaban J connectivity index is 1.70. The minimum Gasteiger partial charge on any atom is -0.484 e. The van der Waals surface area contributed by atoms with Crippen LogP contribution >= 0.6 is 0 Å². The second-order valence-electron chi connectivity index (χ2n) is 4.57. The monoisotopic (exact) mass is 282 g/mol. The third-order valence-electron chi connectivity index (χ3n) is 2.85. The molecule has 1 N–H and O–H groups in total. The highest BCUT2D eigenvalue weighted by atomic mass is 16.5. The molecule has 5 nitrogen and oxygen atoms in total. The van der Waals surface area contributed by atoms with E-state index in [0.29, 0.717) is 17.3 Å². The lowest BCUT2D eigenvalue weighted by atomic mass is 10.3. The van der Waals surface area contributed by atoms with Crippen molar-refractivity contribution in [2.75, 3.05) is 5.32 Å². The van der Waals surface area contributed by atoms with Crippen molar-refractivity contribution in [2.45, 2.75) is 13.5 Å². The Morgan fingerprint density at radius 1 is 1.24 bits per heavy atom. The number of rotatable bonds is 4. The van der Waals surface area contributed by atoms with Crippen LogP contribution in [0.3, 0.4) is 0 Å². The van der Waals surface area contributed by atoms with Gasteiger partial charge in [0.05, 0.1) is 0 Å². The van der Waals surface area contributed by atoms with E-state index in [-0.39, 0.29) is 12.5 Å². The topological polar surface area (TPSA) is 64.4 Å². The molecule has 1 aromatic heterocycles. The molecule has 0 fully saturated rings. The zero-order chi connectivity index (χ0) is 14.7. The average Bonchev–Trinajstić information content (AvgIpc) is 2.87. The van der Waals surface area contributed by atoms with Crippen molar-refractivity contribution in [1.82, 2.24) is 4.98 Å². The van der Waals surface area contributed by atoms with Crippen molar-refractivity contribution >= 4 is 22.7 Å². The molecule has 5 heteroatoms. The lowest BCUT2D eigenvalue weighted by molar-refractivity contribution is -0.114. The summed E-state index contributed by atoms with van der Waals surface area (Å²) in [7, 11) is 0. The number of fused-ring (bicyclic) bond motifs is 1. The summed E-state index contributed by atoms with van der Waals surface area (Å²) < 4.78 is 11.2. The Hall–Kier alpha value is -2.82. The number of amides is 1. The standard InChI is InChI=1S/C16H14N2O3/c1-11(19)17-12-5-4-6-13(9-12)20-10-16-18-14-7-2-3-8-15(14)21-16/h2-9H,10H2,1H3,(H,17,19). The SMILES string of the molecule is CC(=O)Nc1cccc(OCc2nc3ccccc3o2)c1. The molecule has 0 aliphatic carbocycles. The van der Waals surface area contributed by atoms with Gasteiger partial charge in [0.15, 0.2) is 12.2 Å². The largest absolute Gasteiger partial charge is 0.484 e. The summed E-state index contributed by atoms with van der Waals surface area (Å²) in [5, 5.41) is 2.71. The average molecular weight is 282 g/mol. The van der Waals surface area contributed by atoms with E-state index in [0.717, 1.165) is 11.1 Å². The predicted octanol–water partition coefficient (Wildman–Crippen LogP) is 3.37. The van der Waals surface area contributed by atoms with E-state index in [9.17, 15) is 4.79 Å². The minimum atomic E-state index is -0.119. The fraction of sp³-hybridized carbons (Fsp3) is 0.125. The first kappa shape index (κ1) is 13.2. The van der Waals surface area contributed by atoms with Gasteiger partial charge in [-0.1, -0.05) is 18.2 Å². The third kappa shape index (κ3) is 3.20. The number of hydrogen-bond donors (Lipinski definition) is 1. The number of benzene rings is 2. The van der Waals surface area contributed by atoms with Crippen LogP contribution in [0.4, 0.5) is 5.69 Å². The van der Waals surface area contributed by atoms with Gasteiger partial charge in [-0.3, -0.25) is 4.79 Å². The molecule has 0 atom stereocenters. The molecular formula is C16H14N2O3. The molecule has 3 aromatic rings. The summed E-state index contributed by atoms with van der Waals surface area (Å²) in [6.45, 7) is 1.70. The fourth-order valence-corrected chi connectivity index (χ4v) is 1.99. The summed E-state index contributed by atoms with van der Waals surface area (Å²) in [6.07, 6.45) is 0. The first-order valence-corrected chi connectivity index (χ1v) is 6.55. The number of anilines is 1. The van der Waals surface area contributed by atoms with Gasteiger partial charge in [-0.15, -0.1) is 0 Å². The summed E-state index contributed by atoms with van der Waals surface area (Å²) >= 11 is 0. The molecule has 3 rings (SSSR count). The number of para-hydroxylation sites is 2. The maximum Gasteiger partial charge on any atom is 0.233 e. The van der Waals surface area contributed by atoms with Crippen LogP contribution in [0.5, 0.6) is 5.75 Å². The summed E-state index contributed by atoms with van der Waals surface area (Å²) in [4.78, 5) is 15.4. The van der Waals surface area contributed by atoms with Crippen LogP contribution in [0.15, 0.2) is 52.9 Å². The molecule has 0 aliphatic heterocycles. The van der Waals surface area contributed by atoms with Gasteiger partial charge in [0.1, 0.15) is 11.3 Å². The molecule has 21 heavy (non-hydrogen) atoms. The van der Waals surface area contributed by atoms with E-state index >= 15 is 0 Å². The lowest BCUT2D eigenvalue weighted by Gasteiger charge is -2.06. The van der Waals surface area contributed by atoms with Crippen LogP contribution in [0.2, 0.25) is 0 Å². The Labute approximate surface area is 121 Å². The van der Waals surface area contributed by atoms with Gasteiger partial charge in [0.2, 0.25) is 11.8 Å². The number of oxazole rings is 1.